The quantitative estimate of drug-likeness (QED) is 0.848. The summed E-state index contributed by atoms with van der Waals surface area (Å²) >= 11 is 0. The van der Waals surface area contributed by atoms with Crippen LogP contribution in [0.3, 0.4) is 0 Å². The standard InChI is InChI=1S/C12H16F2N2O2.ClH/c1-8(15)5-6-11(17)16-9-3-2-4-10(7-9)18-12(13)14;/h2-4,7-8,12H,5-6,15H2,1H3,(H,16,17);1H. The van der Waals surface area contributed by atoms with Crippen LogP contribution >= 0.6 is 12.4 Å². The van der Waals surface area contributed by atoms with Crippen LogP contribution in [0.2, 0.25) is 0 Å². The fourth-order valence-electron chi connectivity index (χ4n) is 1.33. The fourth-order valence-corrected chi connectivity index (χ4v) is 1.33. The summed E-state index contributed by atoms with van der Waals surface area (Å²) in [4.78, 5) is 11.5. The topological polar surface area (TPSA) is 64.4 Å². The molecule has 3 N–H and O–H groups in total. The van der Waals surface area contributed by atoms with Gasteiger partial charge in [0.05, 0.1) is 0 Å². The predicted octanol–water partition coefficient (Wildman–Crippen LogP) is 2.78. The van der Waals surface area contributed by atoms with E-state index < -0.39 is 6.61 Å². The van der Waals surface area contributed by atoms with Gasteiger partial charge in [-0.1, -0.05) is 6.07 Å². The van der Waals surface area contributed by atoms with E-state index in [1.165, 1.54) is 18.2 Å². The van der Waals surface area contributed by atoms with E-state index in [0.717, 1.165) is 0 Å². The summed E-state index contributed by atoms with van der Waals surface area (Å²) in [6.45, 7) is -1.07. The number of hydrogen-bond acceptors (Lipinski definition) is 3. The van der Waals surface area contributed by atoms with E-state index in [1.807, 2.05) is 6.92 Å². The Morgan fingerprint density at radius 2 is 2.16 bits per heavy atom. The van der Waals surface area contributed by atoms with Crippen molar-refractivity contribution in [1.82, 2.24) is 0 Å². The van der Waals surface area contributed by atoms with Crippen molar-refractivity contribution < 1.29 is 18.3 Å². The molecule has 0 fully saturated rings. The van der Waals surface area contributed by atoms with E-state index in [9.17, 15) is 13.6 Å². The number of carbonyl (C=O) groups excluding carboxylic acids is 1. The summed E-state index contributed by atoms with van der Waals surface area (Å²) in [5.74, 6) is -0.198. The fraction of sp³-hybridized carbons (Fsp3) is 0.417. The van der Waals surface area contributed by atoms with Crippen LogP contribution in [0.25, 0.3) is 0 Å². The molecule has 0 aliphatic carbocycles. The molecule has 19 heavy (non-hydrogen) atoms. The Morgan fingerprint density at radius 1 is 1.47 bits per heavy atom. The maximum absolute atomic E-state index is 12.0. The van der Waals surface area contributed by atoms with Crippen molar-refractivity contribution in [1.29, 1.82) is 0 Å². The van der Waals surface area contributed by atoms with Crippen molar-refractivity contribution in [2.75, 3.05) is 5.32 Å². The lowest BCUT2D eigenvalue weighted by molar-refractivity contribution is -0.116. The molecule has 0 radical (unpaired) electrons. The molecule has 7 heteroatoms. The highest BCUT2D eigenvalue weighted by Crippen LogP contribution is 2.19. The number of anilines is 1. The first-order valence-electron chi connectivity index (χ1n) is 5.57. The van der Waals surface area contributed by atoms with Crippen molar-refractivity contribution in [2.45, 2.75) is 32.4 Å². The minimum absolute atomic E-state index is 0. The Balaban J connectivity index is 0.00000324. The van der Waals surface area contributed by atoms with Crippen molar-refractivity contribution in [3.63, 3.8) is 0 Å². The Morgan fingerprint density at radius 3 is 2.74 bits per heavy atom. The molecule has 1 amide bonds. The number of ether oxygens (including phenoxy) is 1. The lowest BCUT2D eigenvalue weighted by Gasteiger charge is -2.09. The molecule has 0 saturated carbocycles. The molecule has 0 aromatic heterocycles. The summed E-state index contributed by atoms with van der Waals surface area (Å²) in [5.41, 5.74) is 5.95. The molecule has 1 aromatic rings. The molecule has 0 aliphatic rings. The average molecular weight is 295 g/mol. The molecule has 108 valence electrons. The Labute approximate surface area is 116 Å². The number of nitrogens with two attached hydrogens (primary N) is 1. The summed E-state index contributed by atoms with van der Waals surface area (Å²) in [7, 11) is 0. The highest BCUT2D eigenvalue weighted by molar-refractivity contribution is 5.90. The summed E-state index contributed by atoms with van der Waals surface area (Å²) in [5, 5.41) is 2.59. The van der Waals surface area contributed by atoms with Gasteiger partial charge in [0.2, 0.25) is 5.91 Å². The van der Waals surface area contributed by atoms with Crippen LogP contribution in [0.5, 0.6) is 5.75 Å². The zero-order chi connectivity index (χ0) is 13.5. The van der Waals surface area contributed by atoms with Crippen LogP contribution in [-0.4, -0.2) is 18.6 Å². The van der Waals surface area contributed by atoms with E-state index >= 15 is 0 Å². The minimum atomic E-state index is -2.88. The van der Waals surface area contributed by atoms with Crippen LogP contribution in [0.1, 0.15) is 19.8 Å². The largest absolute Gasteiger partial charge is 0.435 e. The van der Waals surface area contributed by atoms with Gasteiger partial charge in [-0.15, -0.1) is 12.4 Å². The second-order valence-electron chi connectivity index (χ2n) is 3.97. The Bertz CT molecular complexity index is 403. The van der Waals surface area contributed by atoms with Crippen LogP contribution in [0, 0.1) is 0 Å². The van der Waals surface area contributed by atoms with Crippen LogP contribution in [-0.2, 0) is 4.79 Å². The molecule has 1 aromatic carbocycles. The van der Waals surface area contributed by atoms with E-state index in [0.29, 0.717) is 12.1 Å². The van der Waals surface area contributed by atoms with E-state index in [2.05, 4.69) is 10.1 Å². The van der Waals surface area contributed by atoms with Gasteiger partial charge in [-0.3, -0.25) is 4.79 Å². The number of alkyl halides is 2. The third-order valence-corrected chi connectivity index (χ3v) is 2.17. The average Bonchev–Trinajstić information content (AvgIpc) is 2.26. The van der Waals surface area contributed by atoms with Crippen molar-refractivity contribution in [2.24, 2.45) is 5.73 Å². The maximum atomic E-state index is 12.0. The highest BCUT2D eigenvalue weighted by atomic mass is 35.5. The molecule has 1 unspecified atom stereocenters. The molecule has 0 saturated heterocycles. The minimum Gasteiger partial charge on any atom is -0.435 e. The van der Waals surface area contributed by atoms with Gasteiger partial charge in [-0.2, -0.15) is 8.78 Å². The number of carbonyl (C=O) groups is 1. The van der Waals surface area contributed by atoms with Gasteiger partial charge in [-0.25, -0.2) is 0 Å². The van der Waals surface area contributed by atoms with Gasteiger partial charge < -0.3 is 15.8 Å². The van der Waals surface area contributed by atoms with E-state index in [1.54, 1.807) is 6.07 Å². The molecule has 4 nitrogen and oxygen atoms in total. The number of rotatable bonds is 6. The van der Waals surface area contributed by atoms with Gasteiger partial charge >= 0.3 is 6.61 Å². The number of hydrogen-bond donors (Lipinski definition) is 2. The number of benzene rings is 1. The van der Waals surface area contributed by atoms with E-state index in [-0.39, 0.29) is 36.5 Å². The maximum Gasteiger partial charge on any atom is 0.387 e. The van der Waals surface area contributed by atoms with Crippen molar-refractivity contribution in [3.05, 3.63) is 24.3 Å². The molecule has 0 aliphatic heterocycles. The highest BCUT2D eigenvalue weighted by Gasteiger charge is 2.07. The summed E-state index contributed by atoms with van der Waals surface area (Å²) in [6, 6.07) is 5.81. The SMILES string of the molecule is CC(N)CCC(=O)Nc1cccc(OC(F)F)c1.Cl. The van der Waals surface area contributed by atoms with Gasteiger partial charge in [0.1, 0.15) is 5.75 Å². The monoisotopic (exact) mass is 294 g/mol. The normalized spacial score (nSPS) is 11.6. The number of nitrogens with one attached hydrogen (secondary N) is 1. The van der Waals surface area contributed by atoms with Crippen LogP contribution in [0.4, 0.5) is 14.5 Å². The van der Waals surface area contributed by atoms with Gasteiger partial charge in [-0.05, 0) is 25.5 Å². The van der Waals surface area contributed by atoms with Crippen molar-refractivity contribution >= 4 is 24.0 Å². The summed E-state index contributed by atoms with van der Waals surface area (Å²) in [6.07, 6.45) is 0.858. The van der Waals surface area contributed by atoms with Gasteiger partial charge in [0.15, 0.2) is 0 Å². The van der Waals surface area contributed by atoms with Crippen molar-refractivity contribution in [3.8, 4) is 5.75 Å². The van der Waals surface area contributed by atoms with Crippen LogP contribution < -0.4 is 15.8 Å². The molecule has 1 atom stereocenters. The zero-order valence-corrected chi connectivity index (χ0v) is 11.3. The molecular formula is C12H17ClF2N2O2. The first-order valence-corrected chi connectivity index (χ1v) is 5.57. The number of halogens is 3. The lowest BCUT2D eigenvalue weighted by Crippen LogP contribution is -2.19. The predicted molar refractivity (Wildman–Crippen MR) is 71.8 cm³/mol. The Kier molecular flexibility index (Phi) is 8.02. The third kappa shape index (κ3) is 7.58. The number of amides is 1. The second-order valence-corrected chi connectivity index (χ2v) is 3.97. The molecule has 0 spiro atoms. The molecule has 1 rings (SSSR count). The lowest BCUT2D eigenvalue weighted by atomic mass is 10.2. The molecular weight excluding hydrogens is 278 g/mol. The smallest absolute Gasteiger partial charge is 0.387 e. The second kappa shape index (κ2) is 8.66. The first kappa shape index (κ1) is 17.6. The molecule has 0 heterocycles. The van der Waals surface area contributed by atoms with Gasteiger partial charge in [0.25, 0.3) is 0 Å². The van der Waals surface area contributed by atoms with Crippen LogP contribution in [0.15, 0.2) is 24.3 Å². The third-order valence-electron chi connectivity index (χ3n) is 2.17. The molecule has 0 bridgehead atoms. The first-order chi connectivity index (χ1) is 8.47. The summed E-state index contributed by atoms with van der Waals surface area (Å²) < 4.78 is 28.2. The zero-order valence-electron chi connectivity index (χ0n) is 10.4. The van der Waals surface area contributed by atoms with Gasteiger partial charge in [0, 0.05) is 24.2 Å². The Hall–Kier alpha value is -1.40. The van der Waals surface area contributed by atoms with E-state index in [4.69, 9.17) is 5.73 Å².